The number of piperidine rings is 1. The summed E-state index contributed by atoms with van der Waals surface area (Å²) in [5.74, 6) is 1.80. The van der Waals surface area contributed by atoms with Crippen LogP contribution in [0.2, 0.25) is 0 Å². The normalized spacial score (nSPS) is 18.1. The first-order chi connectivity index (χ1) is 12.1. The van der Waals surface area contributed by atoms with Gasteiger partial charge in [0.15, 0.2) is 5.96 Å². The monoisotopic (exact) mass is 410 g/mol. The fourth-order valence-corrected chi connectivity index (χ4v) is 3.38. The Bertz CT molecular complexity index is 594. The van der Waals surface area contributed by atoms with Crippen LogP contribution in [-0.4, -0.2) is 49.6 Å². The number of benzene rings is 1. The van der Waals surface area contributed by atoms with E-state index >= 15 is 0 Å². The summed E-state index contributed by atoms with van der Waals surface area (Å²) >= 11 is 3.43. The first-order valence-corrected chi connectivity index (χ1v) is 9.57. The Kier molecular flexibility index (Phi) is 8.04. The molecule has 1 amide bonds. The summed E-state index contributed by atoms with van der Waals surface area (Å²) in [5.41, 5.74) is 5.34. The maximum absolute atomic E-state index is 11.2. The van der Waals surface area contributed by atoms with Gasteiger partial charge in [-0.25, -0.2) is 4.99 Å². The van der Waals surface area contributed by atoms with Crippen molar-refractivity contribution in [3.05, 3.63) is 28.7 Å². The van der Waals surface area contributed by atoms with Crippen LogP contribution in [0.1, 0.15) is 26.2 Å². The Morgan fingerprint density at radius 1 is 1.52 bits per heavy atom. The third-order valence-corrected chi connectivity index (χ3v) is 4.55. The van der Waals surface area contributed by atoms with E-state index in [1.54, 1.807) is 0 Å². The Morgan fingerprint density at radius 3 is 3.08 bits per heavy atom. The molecule has 0 radical (unpaired) electrons. The van der Waals surface area contributed by atoms with Gasteiger partial charge in [0.05, 0.1) is 6.54 Å². The van der Waals surface area contributed by atoms with Gasteiger partial charge in [0.1, 0.15) is 12.4 Å². The highest BCUT2D eigenvalue weighted by Gasteiger charge is 2.23. The third-order valence-electron chi connectivity index (χ3n) is 4.06. The molecule has 1 unspecified atom stereocenters. The van der Waals surface area contributed by atoms with Gasteiger partial charge in [-0.15, -0.1) is 0 Å². The zero-order valence-corrected chi connectivity index (χ0v) is 16.3. The minimum absolute atomic E-state index is 0.226. The number of ether oxygens (including phenoxy) is 1. The van der Waals surface area contributed by atoms with Gasteiger partial charge in [-0.05, 0) is 43.9 Å². The van der Waals surface area contributed by atoms with Crippen molar-refractivity contribution in [2.75, 3.05) is 32.8 Å². The number of carbonyl (C=O) groups excluding carboxylic acids is 1. The van der Waals surface area contributed by atoms with Crippen LogP contribution in [-0.2, 0) is 4.79 Å². The van der Waals surface area contributed by atoms with E-state index in [1.165, 1.54) is 0 Å². The number of likely N-dealkylation sites (tertiary alicyclic amines) is 1. The summed E-state index contributed by atoms with van der Waals surface area (Å²) < 4.78 is 6.73. The number of hydrogen-bond acceptors (Lipinski definition) is 3. The van der Waals surface area contributed by atoms with E-state index in [1.807, 2.05) is 24.3 Å². The van der Waals surface area contributed by atoms with Crippen LogP contribution < -0.4 is 15.8 Å². The van der Waals surface area contributed by atoms with Gasteiger partial charge >= 0.3 is 0 Å². The van der Waals surface area contributed by atoms with Crippen LogP contribution >= 0.6 is 15.9 Å². The molecule has 0 bridgehead atoms. The van der Waals surface area contributed by atoms with Crippen molar-refractivity contribution in [2.45, 2.75) is 26.2 Å². The van der Waals surface area contributed by atoms with Gasteiger partial charge in [-0.2, -0.15) is 0 Å². The molecule has 0 aliphatic carbocycles. The smallest absolute Gasteiger partial charge is 0.217 e. The minimum Gasteiger partial charge on any atom is -0.492 e. The number of halogens is 1. The van der Waals surface area contributed by atoms with Crippen molar-refractivity contribution in [2.24, 2.45) is 16.6 Å². The van der Waals surface area contributed by atoms with E-state index in [0.29, 0.717) is 25.5 Å². The molecule has 1 aromatic rings. The quantitative estimate of drug-likeness (QED) is 0.410. The molecule has 6 nitrogen and oxygen atoms in total. The second-order valence-electron chi connectivity index (χ2n) is 6.17. The lowest BCUT2D eigenvalue weighted by Crippen LogP contribution is -2.47. The van der Waals surface area contributed by atoms with Crippen molar-refractivity contribution in [1.29, 1.82) is 0 Å². The summed E-state index contributed by atoms with van der Waals surface area (Å²) in [6, 6.07) is 7.78. The largest absolute Gasteiger partial charge is 0.492 e. The van der Waals surface area contributed by atoms with Gasteiger partial charge < -0.3 is 20.7 Å². The number of carbonyl (C=O) groups is 1. The molecule has 0 spiro atoms. The van der Waals surface area contributed by atoms with E-state index in [0.717, 1.165) is 48.7 Å². The number of aliphatic imine (C=N–C) groups is 1. The summed E-state index contributed by atoms with van der Waals surface area (Å²) in [6.07, 6.45) is 2.55. The van der Waals surface area contributed by atoms with Crippen LogP contribution in [0.25, 0.3) is 0 Å². The van der Waals surface area contributed by atoms with Gasteiger partial charge in [0.2, 0.25) is 5.91 Å². The molecule has 1 saturated heterocycles. The number of hydrogen-bond donors (Lipinski definition) is 2. The fraction of sp³-hybridized carbons (Fsp3) is 0.556. The average molecular weight is 411 g/mol. The molecule has 1 aliphatic rings. The highest BCUT2D eigenvalue weighted by atomic mass is 79.9. The van der Waals surface area contributed by atoms with Crippen molar-refractivity contribution in [3.63, 3.8) is 0 Å². The molecule has 1 fully saturated rings. The maximum atomic E-state index is 11.2. The Labute approximate surface area is 157 Å². The predicted octanol–water partition coefficient (Wildman–Crippen LogP) is 2.38. The van der Waals surface area contributed by atoms with Crippen LogP contribution in [0, 0.1) is 5.92 Å². The zero-order chi connectivity index (χ0) is 18.1. The van der Waals surface area contributed by atoms with Crippen molar-refractivity contribution in [1.82, 2.24) is 10.2 Å². The summed E-state index contributed by atoms with van der Waals surface area (Å²) in [7, 11) is 0. The van der Waals surface area contributed by atoms with E-state index in [2.05, 4.69) is 38.1 Å². The first-order valence-electron chi connectivity index (χ1n) is 8.78. The zero-order valence-electron chi connectivity index (χ0n) is 14.7. The second-order valence-corrected chi connectivity index (χ2v) is 7.08. The highest BCUT2D eigenvalue weighted by molar-refractivity contribution is 9.10. The van der Waals surface area contributed by atoms with Crippen LogP contribution in [0.15, 0.2) is 33.7 Å². The van der Waals surface area contributed by atoms with Crippen molar-refractivity contribution < 1.29 is 9.53 Å². The molecule has 25 heavy (non-hydrogen) atoms. The summed E-state index contributed by atoms with van der Waals surface area (Å²) in [4.78, 5) is 18.1. The molecule has 3 N–H and O–H groups in total. The molecule has 138 valence electrons. The molecular formula is C18H27BrN4O2. The number of amides is 1. The highest BCUT2D eigenvalue weighted by Crippen LogP contribution is 2.20. The molecule has 2 rings (SSSR count). The van der Waals surface area contributed by atoms with E-state index in [9.17, 15) is 4.79 Å². The Balaban J connectivity index is 1.87. The van der Waals surface area contributed by atoms with E-state index in [-0.39, 0.29) is 5.91 Å². The lowest BCUT2D eigenvalue weighted by Gasteiger charge is -2.34. The molecule has 1 heterocycles. The average Bonchev–Trinajstić information content (AvgIpc) is 2.57. The number of primary amides is 1. The summed E-state index contributed by atoms with van der Waals surface area (Å²) in [5, 5.41) is 3.33. The molecule has 0 saturated carbocycles. The van der Waals surface area contributed by atoms with E-state index in [4.69, 9.17) is 10.5 Å². The fourth-order valence-electron chi connectivity index (χ4n) is 3.01. The molecule has 1 aromatic carbocycles. The van der Waals surface area contributed by atoms with Crippen molar-refractivity contribution >= 4 is 27.8 Å². The Hall–Kier alpha value is -1.76. The lowest BCUT2D eigenvalue weighted by atomic mass is 9.95. The van der Waals surface area contributed by atoms with E-state index < -0.39 is 0 Å². The molecule has 7 heteroatoms. The van der Waals surface area contributed by atoms with Crippen LogP contribution in [0.5, 0.6) is 5.75 Å². The first kappa shape index (κ1) is 19.6. The number of guanidine groups is 1. The minimum atomic E-state index is -0.226. The topological polar surface area (TPSA) is 80.0 Å². The molecule has 0 aromatic heterocycles. The van der Waals surface area contributed by atoms with Crippen LogP contribution in [0.3, 0.4) is 0 Å². The number of nitrogens with one attached hydrogen (secondary N) is 1. The second kappa shape index (κ2) is 10.3. The maximum Gasteiger partial charge on any atom is 0.217 e. The number of rotatable bonds is 7. The summed E-state index contributed by atoms with van der Waals surface area (Å²) in [6.45, 7) is 5.73. The molecular weight excluding hydrogens is 384 g/mol. The standard InChI is InChI=1S/C18H27BrN4O2/c1-2-21-18(23-9-4-5-14(13-23)11-17(20)24)22-8-10-25-16-7-3-6-15(19)12-16/h3,6-7,12,14H,2,4-5,8-11,13H2,1H3,(H2,20,24)(H,21,22). The van der Waals surface area contributed by atoms with Crippen molar-refractivity contribution in [3.8, 4) is 5.75 Å². The predicted molar refractivity (Wildman–Crippen MR) is 104 cm³/mol. The third kappa shape index (κ3) is 6.94. The van der Waals surface area contributed by atoms with Gasteiger partial charge in [0, 0.05) is 30.5 Å². The SMILES string of the molecule is CCNC(=NCCOc1cccc(Br)c1)N1CCCC(CC(N)=O)C1. The lowest BCUT2D eigenvalue weighted by molar-refractivity contribution is -0.119. The van der Waals surface area contributed by atoms with Gasteiger partial charge in [-0.3, -0.25) is 4.79 Å². The molecule has 1 aliphatic heterocycles. The number of nitrogens with zero attached hydrogens (tertiary/aromatic N) is 2. The van der Waals surface area contributed by atoms with Gasteiger partial charge in [-0.1, -0.05) is 22.0 Å². The number of nitrogens with two attached hydrogens (primary N) is 1. The van der Waals surface area contributed by atoms with Crippen LogP contribution in [0.4, 0.5) is 0 Å². The Morgan fingerprint density at radius 2 is 2.36 bits per heavy atom. The van der Waals surface area contributed by atoms with Gasteiger partial charge in [0.25, 0.3) is 0 Å². The molecule has 1 atom stereocenters.